The van der Waals surface area contributed by atoms with Gasteiger partial charge in [0.05, 0.1) is 11.3 Å². The van der Waals surface area contributed by atoms with Crippen molar-refractivity contribution in [1.29, 1.82) is 0 Å². The Labute approximate surface area is 186 Å². The molecule has 3 aliphatic rings. The van der Waals surface area contributed by atoms with Gasteiger partial charge in [0, 0.05) is 49.9 Å². The molecule has 2 saturated heterocycles. The highest BCUT2D eigenvalue weighted by atomic mass is 16.3. The minimum atomic E-state index is -0.628. The highest BCUT2D eigenvalue weighted by molar-refractivity contribution is 6.05. The number of amides is 3. The molecule has 8 heteroatoms. The molecule has 0 bridgehead atoms. The number of aliphatic hydroxyl groups is 1. The lowest BCUT2D eigenvalue weighted by Gasteiger charge is -2.29. The van der Waals surface area contributed by atoms with E-state index < -0.39 is 17.6 Å². The van der Waals surface area contributed by atoms with Crippen molar-refractivity contribution >= 4 is 17.7 Å². The molecule has 4 heterocycles. The number of hydrogen-bond donors (Lipinski definition) is 2. The summed E-state index contributed by atoms with van der Waals surface area (Å²) in [5, 5.41) is 12.5. The van der Waals surface area contributed by atoms with E-state index in [0.29, 0.717) is 25.1 Å². The Balaban J connectivity index is 1.34. The Morgan fingerprint density at radius 2 is 2.06 bits per heavy atom. The van der Waals surface area contributed by atoms with Crippen LogP contribution in [-0.2, 0) is 22.7 Å². The Morgan fingerprint density at radius 1 is 1.22 bits per heavy atom. The summed E-state index contributed by atoms with van der Waals surface area (Å²) in [6, 6.07) is 9.06. The van der Waals surface area contributed by atoms with Crippen molar-refractivity contribution in [2.45, 2.75) is 50.9 Å². The van der Waals surface area contributed by atoms with Gasteiger partial charge in [0.1, 0.15) is 6.04 Å². The normalized spacial score (nSPS) is 25.9. The number of fused-ring (bicyclic) bond motifs is 1. The van der Waals surface area contributed by atoms with E-state index in [4.69, 9.17) is 0 Å². The van der Waals surface area contributed by atoms with Crippen molar-refractivity contribution < 1.29 is 19.5 Å². The number of benzene rings is 1. The lowest BCUT2D eigenvalue weighted by molar-refractivity contribution is -0.136. The number of nitrogens with zero attached hydrogens (tertiary/aromatic N) is 3. The zero-order chi connectivity index (χ0) is 22.5. The molecule has 0 spiro atoms. The van der Waals surface area contributed by atoms with E-state index in [0.717, 1.165) is 41.9 Å². The van der Waals surface area contributed by atoms with Crippen molar-refractivity contribution in [3.8, 4) is 11.3 Å². The van der Waals surface area contributed by atoms with Gasteiger partial charge in [-0.1, -0.05) is 6.07 Å². The number of aromatic nitrogens is 1. The number of carbonyl (C=O) groups is 3. The second-order valence-corrected chi connectivity index (χ2v) is 9.28. The van der Waals surface area contributed by atoms with E-state index in [1.54, 1.807) is 17.2 Å². The van der Waals surface area contributed by atoms with Gasteiger partial charge >= 0.3 is 0 Å². The molecule has 166 valence electrons. The molecule has 2 fully saturated rings. The van der Waals surface area contributed by atoms with E-state index in [9.17, 15) is 19.5 Å². The molecule has 1 aromatic carbocycles. The van der Waals surface area contributed by atoms with Crippen LogP contribution in [0.5, 0.6) is 0 Å². The topological polar surface area (TPSA) is 103 Å². The summed E-state index contributed by atoms with van der Waals surface area (Å²) in [6.07, 6.45) is 3.15. The van der Waals surface area contributed by atoms with Crippen LogP contribution < -0.4 is 5.32 Å². The Morgan fingerprint density at radius 3 is 2.81 bits per heavy atom. The van der Waals surface area contributed by atoms with Gasteiger partial charge in [0.2, 0.25) is 11.8 Å². The number of likely N-dealkylation sites (tertiary alicyclic amines) is 1. The Bertz CT molecular complexity index is 1110. The van der Waals surface area contributed by atoms with E-state index in [1.165, 1.54) is 0 Å². The maximum atomic E-state index is 12.9. The number of carbonyl (C=O) groups excluding carboxylic acids is 3. The molecule has 2 aromatic rings. The predicted molar refractivity (Wildman–Crippen MR) is 116 cm³/mol. The standard InChI is InChI=1S/C24H26N4O4/c1-24(32)7-9-27(14-24)12-15-6-8-25-19(10-15)16-2-3-18-17(11-16)13-28(23(18)31)20-4-5-21(29)26-22(20)30/h2-3,6,8,10-11,20,32H,4-5,7,9,12-14H2,1H3,(H,26,29,30). The fourth-order valence-corrected chi connectivity index (χ4v) is 4.90. The van der Waals surface area contributed by atoms with Crippen LogP contribution in [0.3, 0.4) is 0 Å². The number of rotatable bonds is 4. The van der Waals surface area contributed by atoms with Gasteiger partial charge in [-0.2, -0.15) is 0 Å². The fourth-order valence-electron chi connectivity index (χ4n) is 4.90. The molecular weight excluding hydrogens is 408 g/mol. The first-order chi connectivity index (χ1) is 15.3. The number of β-amino-alcohol motifs (C(OH)–C–C–N with tert-alkyl or cyclic N) is 1. The summed E-state index contributed by atoms with van der Waals surface area (Å²) in [5.74, 6) is -0.872. The van der Waals surface area contributed by atoms with E-state index >= 15 is 0 Å². The summed E-state index contributed by atoms with van der Waals surface area (Å²) in [4.78, 5) is 44.9. The molecule has 32 heavy (non-hydrogen) atoms. The van der Waals surface area contributed by atoms with Crippen LogP contribution in [0.2, 0.25) is 0 Å². The molecule has 1 aromatic heterocycles. The summed E-state index contributed by atoms with van der Waals surface area (Å²) >= 11 is 0. The maximum Gasteiger partial charge on any atom is 0.255 e. The maximum absolute atomic E-state index is 12.9. The first kappa shape index (κ1) is 20.8. The number of piperidine rings is 1. The SMILES string of the molecule is CC1(O)CCN(Cc2ccnc(-c3ccc4c(c3)CN(C3CCC(=O)NC3=O)C4=O)c2)C1. The van der Waals surface area contributed by atoms with Crippen LogP contribution in [0.1, 0.15) is 47.7 Å². The predicted octanol–water partition coefficient (Wildman–Crippen LogP) is 1.47. The molecule has 2 atom stereocenters. The largest absolute Gasteiger partial charge is 0.389 e. The quantitative estimate of drug-likeness (QED) is 0.707. The van der Waals surface area contributed by atoms with Gasteiger partial charge in [0.15, 0.2) is 0 Å². The molecule has 0 saturated carbocycles. The summed E-state index contributed by atoms with van der Waals surface area (Å²) < 4.78 is 0. The van der Waals surface area contributed by atoms with Crippen LogP contribution in [0.15, 0.2) is 36.5 Å². The lowest BCUT2D eigenvalue weighted by atomic mass is 10.0. The van der Waals surface area contributed by atoms with Crippen LogP contribution >= 0.6 is 0 Å². The van der Waals surface area contributed by atoms with Crippen molar-refractivity contribution in [1.82, 2.24) is 20.1 Å². The first-order valence-electron chi connectivity index (χ1n) is 11.0. The minimum Gasteiger partial charge on any atom is -0.389 e. The number of imide groups is 1. The van der Waals surface area contributed by atoms with Crippen LogP contribution in [0.25, 0.3) is 11.3 Å². The van der Waals surface area contributed by atoms with Gasteiger partial charge in [0.25, 0.3) is 5.91 Å². The zero-order valence-electron chi connectivity index (χ0n) is 18.0. The van der Waals surface area contributed by atoms with Crippen molar-refractivity contribution in [3.05, 3.63) is 53.2 Å². The minimum absolute atomic E-state index is 0.177. The van der Waals surface area contributed by atoms with E-state index in [-0.39, 0.29) is 18.2 Å². The Kier molecular flexibility index (Phi) is 5.06. The summed E-state index contributed by atoms with van der Waals surface area (Å²) in [7, 11) is 0. The molecule has 8 nitrogen and oxygen atoms in total. The molecule has 3 aliphatic heterocycles. The van der Waals surface area contributed by atoms with Gasteiger partial charge < -0.3 is 10.0 Å². The van der Waals surface area contributed by atoms with Gasteiger partial charge in [-0.05, 0) is 55.2 Å². The van der Waals surface area contributed by atoms with Gasteiger partial charge in [-0.15, -0.1) is 0 Å². The number of pyridine rings is 1. The second-order valence-electron chi connectivity index (χ2n) is 9.28. The van der Waals surface area contributed by atoms with Crippen LogP contribution in [-0.4, -0.2) is 62.3 Å². The van der Waals surface area contributed by atoms with E-state index in [1.807, 2.05) is 31.2 Å². The molecular formula is C24H26N4O4. The molecule has 0 aliphatic carbocycles. The van der Waals surface area contributed by atoms with Crippen LogP contribution in [0.4, 0.5) is 0 Å². The molecule has 2 unspecified atom stereocenters. The highest BCUT2D eigenvalue weighted by Gasteiger charge is 2.39. The van der Waals surface area contributed by atoms with E-state index in [2.05, 4.69) is 15.2 Å². The fraction of sp³-hybridized carbons (Fsp3) is 0.417. The molecule has 5 rings (SSSR count). The van der Waals surface area contributed by atoms with Crippen molar-refractivity contribution in [2.24, 2.45) is 0 Å². The number of nitrogens with one attached hydrogen (secondary N) is 1. The molecule has 2 N–H and O–H groups in total. The van der Waals surface area contributed by atoms with Gasteiger partial charge in [-0.3, -0.25) is 29.6 Å². The summed E-state index contributed by atoms with van der Waals surface area (Å²) in [5.41, 5.74) is 3.68. The number of hydrogen-bond acceptors (Lipinski definition) is 6. The second kappa shape index (κ2) is 7.79. The van der Waals surface area contributed by atoms with Crippen molar-refractivity contribution in [2.75, 3.05) is 13.1 Å². The average molecular weight is 434 g/mol. The smallest absolute Gasteiger partial charge is 0.255 e. The molecule has 0 radical (unpaired) electrons. The molecule has 3 amide bonds. The third-order valence-corrected chi connectivity index (χ3v) is 6.58. The van der Waals surface area contributed by atoms with Crippen molar-refractivity contribution in [3.63, 3.8) is 0 Å². The van der Waals surface area contributed by atoms with Crippen LogP contribution in [0, 0.1) is 0 Å². The highest BCUT2D eigenvalue weighted by Crippen LogP contribution is 2.31. The first-order valence-corrected chi connectivity index (χ1v) is 11.0. The zero-order valence-corrected chi connectivity index (χ0v) is 18.0. The summed E-state index contributed by atoms with van der Waals surface area (Å²) in [6.45, 7) is 4.48. The third-order valence-electron chi connectivity index (χ3n) is 6.58. The van der Waals surface area contributed by atoms with Gasteiger partial charge in [-0.25, -0.2) is 0 Å². The lowest BCUT2D eigenvalue weighted by Crippen LogP contribution is -2.52. The third kappa shape index (κ3) is 3.91. The monoisotopic (exact) mass is 434 g/mol. The average Bonchev–Trinajstić information content (AvgIpc) is 3.26. The Hall–Kier alpha value is -3.10.